The molecule has 2 N–H and O–H groups in total. The van der Waals surface area contributed by atoms with Gasteiger partial charge in [0, 0.05) is 13.0 Å². The van der Waals surface area contributed by atoms with Gasteiger partial charge in [-0.2, -0.15) is 0 Å². The summed E-state index contributed by atoms with van der Waals surface area (Å²) in [6, 6.07) is 22.0. The molecule has 0 radical (unpaired) electrons. The van der Waals surface area contributed by atoms with Crippen LogP contribution in [-0.4, -0.2) is 34.0 Å². The van der Waals surface area contributed by atoms with Crippen molar-refractivity contribution >= 4 is 27.5 Å². The SMILES string of the molecule is O=C(CCNCCCc1ccc(OCCCc2ccccc2)cc1)NS(=O)(=O)c1cccc(Cl)c1F. The Labute approximate surface area is 216 Å². The predicted octanol–water partition coefficient (Wildman–Crippen LogP) is 4.91. The van der Waals surface area contributed by atoms with E-state index in [1.165, 1.54) is 23.3 Å². The van der Waals surface area contributed by atoms with E-state index in [0.29, 0.717) is 19.7 Å². The fourth-order valence-corrected chi connectivity index (χ4v) is 4.90. The number of sulfonamides is 1. The molecule has 0 unspecified atom stereocenters. The van der Waals surface area contributed by atoms with E-state index in [0.717, 1.165) is 37.5 Å². The Morgan fingerprint density at radius 1 is 0.861 bits per heavy atom. The summed E-state index contributed by atoms with van der Waals surface area (Å²) >= 11 is 5.62. The van der Waals surface area contributed by atoms with E-state index in [1.54, 1.807) is 0 Å². The summed E-state index contributed by atoms with van der Waals surface area (Å²) in [6.45, 7) is 1.64. The first-order chi connectivity index (χ1) is 17.3. The maximum Gasteiger partial charge on any atom is 0.267 e. The second kappa shape index (κ2) is 14.0. The lowest BCUT2D eigenvalue weighted by molar-refractivity contribution is -0.119. The normalized spacial score (nSPS) is 11.3. The molecule has 1 amide bonds. The first-order valence-corrected chi connectivity index (χ1v) is 13.7. The number of carbonyl (C=O) groups excluding carboxylic acids is 1. The fourth-order valence-electron chi connectivity index (χ4n) is 3.56. The molecule has 0 bridgehead atoms. The Bertz CT molecular complexity index is 1220. The Hall–Kier alpha value is -2.94. The van der Waals surface area contributed by atoms with Gasteiger partial charge in [-0.05, 0) is 67.6 Å². The number of carbonyl (C=O) groups is 1. The van der Waals surface area contributed by atoms with Crippen LogP contribution in [0.3, 0.4) is 0 Å². The summed E-state index contributed by atoms with van der Waals surface area (Å²) < 4.78 is 46.0. The van der Waals surface area contributed by atoms with Crippen molar-refractivity contribution in [2.75, 3.05) is 19.7 Å². The summed E-state index contributed by atoms with van der Waals surface area (Å²) in [5.41, 5.74) is 2.49. The van der Waals surface area contributed by atoms with Gasteiger partial charge in [0.1, 0.15) is 10.6 Å². The van der Waals surface area contributed by atoms with Crippen LogP contribution in [-0.2, 0) is 27.7 Å². The zero-order valence-corrected chi connectivity index (χ0v) is 21.5. The summed E-state index contributed by atoms with van der Waals surface area (Å²) in [5.74, 6) is -0.954. The third-order valence-corrected chi connectivity index (χ3v) is 7.13. The van der Waals surface area contributed by atoms with E-state index in [2.05, 4.69) is 17.4 Å². The molecule has 0 saturated heterocycles. The molecule has 3 aromatic rings. The van der Waals surface area contributed by atoms with Gasteiger partial charge in [0.2, 0.25) is 5.91 Å². The minimum absolute atomic E-state index is 0.0578. The van der Waals surface area contributed by atoms with E-state index < -0.39 is 26.6 Å². The molecular formula is C27H30ClFN2O4S. The minimum atomic E-state index is -4.32. The highest BCUT2D eigenvalue weighted by molar-refractivity contribution is 7.90. The van der Waals surface area contributed by atoms with E-state index in [4.69, 9.17) is 16.3 Å². The Kier molecular flexibility index (Phi) is 10.7. The van der Waals surface area contributed by atoms with Crippen molar-refractivity contribution in [3.05, 3.63) is 94.8 Å². The second-order valence-corrected chi connectivity index (χ2v) is 10.3. The number of benzene rings is 3. The number of hydrogen-bond donors (Lipinski definition) is 2. The average Bonchev–Trinajstić information content (AvgIpc) is 2.86. The lowest BCUT2D eigenvalue weighted by Crippen LogP contribution is -2.33. The summed E-state index contributed by atoms with van der Waals surface area (Å²) in [6.07, 6.45) is 3.60. The van der Waals surface area contributed by atoms with Crippen molar-refractivity contribution in [3.8, 4) is 5.75 Å². The molecule has 6 nitrogen and oxygen atoms in total. The predicted molar refractivity (Wildman–Crippen MR) is 139 cm³/mol. The van der Waals surface area contributed by atoms with Gasteiger partial charge in [0.05, 0.1) is 11.6 Å². The van der Waals surface area contributed by atoms with Crippen LogP contribution in [0.25, 0.3) is 0 Å². The Morgan fingerprint density at radius 3 is 2.31 bits per heavy atom. The van der Waals surface area contributed by atoms with Gasteiger partial charge in [0.15, 0.2) is 5.82 Å². The number of rotatable bonds is 14. The van der Waals surface area contributed by atoms with Crippen LogP contribution in [0.5, 0.6) is 5.75 Å². The topological polar surface area (TPSA) is 84.5 Å². The van der Waals surface area contributed by atoms with Crippen molar-refractivity contribution in [3.63, 3.8) is 0 Å². The third kappa shape index (κ3) is 8.93. The summed E-state index contributed by atoms with van der Waals surface area (Å²) in [4.78, 5) is 11.3. The molecule has 0 aliphatic rings. The molecule has 0 spiro atoms. The zero-order valence-electron chi connectivity index (χ0n) is 19.9. The highest BCUT2D eigenvalue weighted by Gasteiger charge is 2.22. The van der Waals surface area contributed by atoms with Crippen molar-refractivity contribution in [2.24, 2.45) is 0 Å². The molecule has 0 aliphatic carbocycles. The maximum absolute atomic E-state index is 13.9. The van der Waals surface area contributed by atoms with Crippen LogP contribution in [0.4, 0.5) is 4.39 Å². The Morgan fingerprint density at radius 2 is 1.56 bits per heavy atom. The van der Waals surface area contributed by atoms with Crippen molar-refractivity contribution in [1.82, 2.24) is 10.0 Å². The van der Waals surface area contributed by atoms with Crippen LogP contribution in [0.2, 0.25) is 5.02 Å². The zero-order chi connectivity index (χ0) is 25.8. The Balaban J connectivity index is 1.27. The lowest BCUT2D eigenvalue weighted by atomic mass is 10.1. The van der Waals surface area contributed by atoms with Gasteiger partial charge >= 0.3 is 0 Å². The van der Waals surface area contributed by atoms with E-state index in [9.17, 15) is 17.6 Å². The van der Waals surface area contributed by atoms with Gasteiger partial charge in [0.25, 0.3) is 10.0 Å². The number of amides is 1. The minimum Gasteiger partial charge on any atom is -0.494 e. The summed E-state index contributed by atoms with van der Waals surface area (Å²) in [5, 5.41) is 2.79. The van der Waals surface area contributed by atoms with Crippen LogP contribution < -0.4 is 14.8 Å². The molecule has 0 atom stereocenters. The van der Waals surface area contributed by atoms with Gasteiger partial charge in [-0.1, -0.05) is 60.1 Å². The highest BCUT2D eigenvalue weighted by atomic mass is 35.5. The fraction of sp³-hybridized carbons (Fsp3) is 0.296. The molecule has 9 heteroatoms. The molecular weight excluding hydrogens is 503 g/mol. The molecule has 36 heavy (non-hydrogen) atoms. The molecule has 0 aromatic heterocycles. The maximum atomic E-state index is 13.9. The van der Waals surface area contributed by atoms with Crippen LogP contribution in [0.1, 0.15) is 30.4 Å². The molecule has 0 heterocycles. The third-order valence-electron chi connectivity index (χ3n) is 5.45. The quantitative estimate of drug-likeness (QED) is 0.288. The van der Waals surface area contributed by atoms with E-state index in [-0.39, 0.29) is 11.4 Å². The van der Waals surface area contributed by atoms with Crippen LogP contribution in [0, 0.1) is 5.82 Å². The van der Waals surface area contributed by atoms with Crippen LogP contribution >= 0.6 is 11.6 Å². The smallest absolute Gasteiger partial charge is 0.267 e. The monoisotopic (exact) mass is 532 g/mol. The largest absolute Gasteiger partial charge is 0.494 e. The molecule has 0 saturated carbocycles. The summed E-state index contributed by atoms with van der Waals surface area (Å²) in [7, 11) is -4.32. The van der Waals surface area contributed by atoms with Crippen molar-refractivity contribution < 1.29 is 22.3 Å². The van der Waals surface area contributed by atoms with Gasteiger partial charge in [-0.3, -0.25) is 4.79 Å². The second-order valence-electron chi connectivity index (χ2n) is 8.27. The van der Waals surface area contributed by atoms with Crippen molar-refractivity contribution in [1.29, 1.82) is 0 Å². The first-order valence-electron chi connectivity index (χ1n) is 11.8. The van der Waals surface area contributed by atoms with Gasteiger partial charge < -0.3 is 10.1 Å². The first kappa shape index (κ1) is 27.6. The molecule has 192 valence electrons. The van der Waals surface area contributed by atoms with E-state index in [1.807, 2.05) is 47.2 Å². The molecule has 3 rings (SSSR count). The standard InChI is InChI=1S/C27H30ClFN2O4S/c28-24-11-4-12-25(27(24)29)36(33,34)31-26(32)17-19-30-18-5-9-22-13-15-23(16-14-22)35-20-6-10-21-7-2-1-3-8-21/h1-4,7-8,11-16,30H,5-6,9-10,17-20H2,(H,31,32). The average molecular weight is 533 g/mol. The molecule has 0 aliphatic heterocycles. The highest BCUT2D eigenvalue weighted by Crippen LogP contribution is 2.21. The van der Waals surface area contributed by atoms with Gasteiger partial charge in [-0.25, -0.2) is 17.5 Å². The van der Waals surface area contributed by atoms with Crippen molar-refractivity contribution in [2.45, 2.75) is 37.0 Å². The number of aryl methyl sites for hydroxylation is 2. The molecule has 0 fully saturated rings. The van der Waals surface area contributed by atoms with Gasteiger partial charge in [-0.15, -0.1) is 0 Å². The van der Waals surface area contributed by atoms with Crippen LogP contribution in [0.15, 0.2) is 77.7 Å². The lowest BCUT2D eigenvalue weighted by Gasteiger charge is -2.09. The number of nitrogens with one attached hydrogen (secondary N) is 2. The number of halogens is 2. The molecule has 3 aromatic carbocycles. The number of ether oxygens (including phenoxy) is 1. The van der Waals surface area contributed by atoms with E-state index >= 15 is 0 Å². The number of hydrogen-bond acceptors (Lipinski definition) is 5.